The molecule has 0 spiro atoms. The molecule has 1 aromatic heterocycles. The first-order valence-corrected chi connectivity index (χ1v) is 11.3. The van der Waals surface area contributed by atoms with E-state index in [1.807, 2.05) is 0 Å². The molecule has 1 heterocycles. The van der Waals surface area contributed by atoms with E-state index in [2.05, 4.69) is 44.7 Å². The highest BCUT2D eigenvalue weighted by molar-refractivity contribution is 7.22. The van der Waals surface area contributed by atoms with Crippen molar-refractivity contribution in [1.82, 2.24) is 9.88 Å². The number of anilines is 1. The lowest BCUT2D eigenvalue weighted by Gasteiger charge is -2.25. The summed E-state index contributed by atoms with van der Waals surface area (Å²) in [6.07, 6.45) is 0. The van der Waals surface area contributed by atoms with Crippen LogP contribution in [0, 0.1) is 13.8 Å². The zero-order chi connectivity index (χ0) is 21.1. The third-order valence-electron chi connectivity index (χ3n) is 5.25. The summed E-state index contributed by atoms with van der Waals surface area (Å²) in [6, 6.07) is 9.14. The van der Waals surface area contributed by atoms with E-state index in [0.29, 0.717) is 27.3 Å². The molecule has 0 atom stereocenters. The van der Waals surface area contributed by atoms with Gasteiger partial charge in [-0.2, -0.15) is 0 Å². The number of halogens is 2. The highest BCUT2D eigenvalue weighted by atomic mass is 35.5. The van der Waals surface area contributed by atoms with Gasteiger partial charge in [0.25, 0.3) is 5.91 Å². The fourth-order valence-corrected chi connectivity index (χ4v) is 4.74. The molecule has 1 amide bonds. The summed E-state index contributed by atoms with van der Waals surface area (Å²) in [5, 5.41) is 1.55. The average molecular weight is 450 g/mol. The van der Waals surface area contributed by atoms with Gasteiger partial charge in [0.1, 0.15) is 0 Å². The largest absolute Gasteiger partial charge is 0.302 e. The van der Waals surface area contributed by atoms with Crippen LogP contribution in [0.5, 0.6) is 0 Å². The number of likely N-dealkylation sites (N-methyl/N-ethyl adjacent to an activating group) is 1. The number of thiazole rings is 1. The van der Waals surface area contributed by atoms with Gasteiger partial charge in [-0.15, -0.1) is 0 Å². The van der Waals surface area contributed by atoms with Crippen LogP contribution in [0.1, 0.15) is 35.3 Å². The molecule has 3 aromatic rings. The van der Waals surface area contributed by atoms with Gasteiger partial charge in [-0.3, -0.25) is 9.69 Å². The van der Waals surface area contributed by atoms with Gasteiger partial charge in [0, 0.05) is 18.1 Å². The first-order chi connectivity index (χ1) is 13.8. The molecular formula is C22H25Cl2N3OS. The maximum atomic E-state index is 13.4. The van der Waals surface area contributed by atoms with Gasteiger partial charge in [0.15, 0.2) is 5.13 Å². The Kier molecular flexibility index (Phi) is 7.17. The Bertz CT molecular complexity index is 1030. The smallest absolute Gasteiger partial charge is 0.261 e. The Morgan fingerprint density at radius 1 is 1.07 bits per heavy atom. The minimum Gasteiger partial charge on any atom is -0.302 e. The van der Waals surface area contributed by atoms with Crippen molar-refractivity contribution >= 4 is 55.8 Å². The van der Waals surface area contributed by atoms with E-state index in [4.69, 9.17) is 28.2 Å². The van der Waals surface area contributed by atoms with Gasteiger partial charge in [0.2, 0.25) is 0 Å². The van der Waals surface area contributed by atoms with Crippen LogP contribution < -0.4 is 4.90 Å². The van der Waals surface area contributed by atoms with E-state index in [-0.39, 0.29) is 5.91 Å². The minimum absolute atomic E-state index is 0.160. The lowest BCUT2D eigenvalue weighted by molar-refractivity contribution is 0.0984. The summed E-state index contributed by atoms with van der Waals surface area (Å²) < 4.78 is 1.07. The topological polar surface area (TPSA) is 36.4 Å². The molecule has 0 aliphatic heterocycles. The molecular weight excluding hydrogens is 425 g/mol. The van der Waals surface area contributed by atoms with Crippen molar-refractivity contribution in [3.8, 4) is 0 Å². The van der Waals surface area contributed by atoms with Crippen LogP contribution in [-0.2, 0) is 0 Å². The zero-order valence-corrected chi connectivity index (χ0v) is 19.5. The fourth-order valence-electron chi connectivity index (χ4n) is 3.20. The van der Waals surface area contributed by atoms with Gasteiger partial charge >= 0.3 is 0 Å². The molecule has 7 heteroatoms. The van der Waals surface area contributed by atoms with Gasteiger partial charge in [-0.05, 0) is 62.3 Å². The van der Waals surface area contributed by atoms with Crippen LogP contribution >= 0.6 is 34.5 Å². The molecule has 0 N–H and O–H groups in total. The van der Waals surface area contributed by atoms with E-state index < -0.39 is 0 Å². The number of rotatable bonds is 7. The van der Waals surface area contributed by atoms with Crippen molar-refractivity contribution in [3.05, 3.63) is 57.1 Å². The second-order valence-electron chi connectivity index (χ2n) is 6.96. The van der Waals surface area contributed by atoms with Crippen LogP contribution in [0.3, 0.4) is 0 Å². The summed E-state index contributed by atoms with van der Waals surface area (Å²) in [6.45, 7) is 11.5. The molecule has 0 unspecified atom stereocenters. The molecule has 0 fully saturated rings. The third kappa shape index (κ3) is 4.75. The van der Waals surface area contributed by atoms with Crippen LogP contribution in [0.4, 0.5) is 5.13 Å². The van der Waals surface area contributed by atoms with Crippen LogP contribution in [0.2, 0.25) is 10.0 Å². The maximum absolute atomic E-state index is 13.4. The van der Waals surface area contributed by atoms with Crippen molar-refractivity contribution in [3.63, 3.8) is 0 Å². The lowest BCUT2D eigenvalue weighted by Crippen LogP contribution is -2.39. The lowest BCUT2D eigenvalue weighted by atomic mass is 10.1. The van der Waals surface area contributed by atoms with E-state index in [1.165, 1.54) is 16.9 Å². The molecule has 154 valence electrons. The van der Waals surface area contributed by atoms with Crippen molar-refractivity contribution in [1.29, 1.82) is 0 Å². The van der Waals surface area contributed by atoms with Crippen molar-refractivity contribution in [2.45, 2.75) is 27.7 Å². The van der Waals surface area contributed by atoms with E-state index in [9.17, 15) is 4.79 Å². The Labute approximate surface area is 186 Å². The normalized spacial score (nSPS) is 11.4. The fraction of sp³-hybridized carbons (Fsp3) is 0.364. The van der Waals surface area contributed by atoms with Crippen LogP contribution in [0.15, 0.2) is 30.3 Å². The van der Waals surface area contributed by atoms with Crippen molar-refractivity contribution in [2.24, 2.45) is 0 Å². The molecule has 0 radical (unpaired) electrons. The van der Waals surface area contributed by atoms with E-state index in [1.54, 1.807) is 23.1 Å². The Morgan fingerprint density at radius 3 is 2.45 bits per heavy atom. The Morgan fingerprint density at radius 2 is 1.79 bits per heavy atom. The first-order valence-electron chi connectivity index (χ1n) is 9.71. The quantitative estimate of drug-likeness (QED) is 0.430. The second kappa shape index (κ2) is 9.43. The number of carbonyl (C=O) groups is 1. The van der Waals surface area contributed by atoms with E-state index >= 15 is 0 Å². The summed E-state index contributed by atoms with van der Waals surface area (Å²) >= 11 is 13.9. The second-order valence-corrected chi connectivity index (χ2v) is 8.81. The SMILES string of the molecule is CCN(CC)CCN(C(=O)c1ccc(Cl)cc1Cl)c1nc2c(C)c(C)ccc2s1. The number of hydrogen-bond acceptors (Lipinski definition) is 4. The predicted molar refractivity (Wildman–Crippen MR) is 125 cm³/mol. The number of aryl methyl sites for hydroxylation is 2. The number of amides is 1. The zero-order valence-electron chi connectivity index (χ0n) is 17.1. The number of benzene rings is 2. The highest BCUT2D eigenvalue weighted by Gasteiger charge is 2.24. The third-order valence-corrected chi connectivity index (χ3v) is 6.84. The monoisotopic (exact) mass is 449 g/mol. The summed E-state index contributed by atoms with van der Waals surface area (Å²) in [7, 11) is 0. The number of carbonyl (C=O) groups excluding carboxylic acids is 1. The maximum Gasteiger partial charge on any atom is 0.261 e. The molecule has 0 saturated heterocycles. The molecule has 29 heavy (non-hydrogen) atoms. The standard InChI is InChI=1S/C22H25Cl2N3OS/c1-5-26(6-2)11-12-27(21(28)17-9-8-16(23)13-18(17)24)22-25-20-15(4)14(3)7-10-19(20)29-22/h7-10,13H,5-6,11-12H2,1-4H3. The molecule has 2 aromatic carbocycles. The number of aromatic nitrogens is 1. The minimum atomic E-state index is -0.160. The Hall–Kier alpha value is -1.66. The van der Waals surface area contributed by atoms with Gasteiger partial charge in [0.05, 0.1) is 20.8 Å². The average Bonchev–Trinajstić information content (AvgIpc) is 3.12. The Balaban J connectivity index is 2.03. The van der Waals surface area contributed by atoms with Gasteiger partial charge in [-0.25, -0.2) is 4.98 Å². The summed E-state index contributed by atoms with van der Waals surface area (Å²) in [4.78, 5) is 22.3. The molecule has 0 bridgehead atoms. The molecule has 0 aliphatic carbocycles. The first kappa shape index (κ1) is 22.0. The molecule has 3 rings (SSSR count). The van der Waals surface area contributed by atoms with Crippen molar-refractivity contribution in [2.75, 3.05) is 31.1 Å². The summed E-state index contributed by atoms with van der Waals surface area (Å²) in [5.41, 5.74) is 3.72. The van der Waals surface area contributed by atoms with Crippen molar-refractivity contribution < 1.29 is 4.79 Å². The number of nitrogens with zero attached hydrogens (tertiary/aromatic N) is 3. The molecule has 4 nitrogen and oxygen atoms in total. The van der Waals surface area contributed by atoms with Crippen LogP contribution in [-0.4, -0.2) is 42.0 Å². The predicted octanol–water partition coefficient (Wildman–Crippen LogP) is 6.21. The number of hydrogen-bond donors (Lipinski definition) is 0. The van der Waals surface area contributed by atoms with Gasteiger partial charge in [-0.1, -0.05) is 54.5 Å². The number of fused-ring (bicyclic) bond motifs is 1. The van der Waals surface area contributed by atoms with Gasteiger partial charge < -0.3 is 4.90 Å². The van der Waals surface area contributed by atoms with E-state index in [0.717, 1.165) is 35.4 Å². The van der Waals surface area contributed by atoms with Crippen LogP contribution in [0.25, 0.3) is 10.2 Å². The highest BCUT2D eigenvalue weighted by Crippen LogP contribution is 2.33. The molecule has 0 saturated carbocycles. The summed E-state index contributed by atoms with van der Waals surface area (Å²) in [5.74, 6) is -0.160. The molecule has 0 aliphatic rings.